The Bertz CT molecular complexity index is 370. The van der Waals surface area contributed by atoms with Crippen LogP contribution in [0.25, 0.3) is 0 Å². The van der Waals surface area contributed by atoms with Gasteiger partial charge < -0.3 is 10.0 Å². The Morgan fingerprint density at radius 2 is 2.12 bits per heavy atom. The highest BCUT2D eigenvalue weighted by Crippen LogP contribution is 2.20. The fourth-order valence-corrected chi connectivity index (χ4v) is 2.56. The Kier molecular flexibility index (Phi) is 4.21. The molecule has 4 heteroatoms. The molecule has 1 aromatic carbocycles. The van der Waals surface area contributed by atoms with Crippen LogP contribution in [0, 0.1) is 5.92 Å². The number of rotatable bonds is 4. The van der Waals surface area contributed by atoms with Gasteiger partial charge in [0.15, 0.2) is 0 Å². The van der Waals surface area contributed by atoms with Crippen LogP contribution in [0.1, 0.15) is 25.3 Å². The van der Waals surface area contributed by atoms with E-state index in [4.69, 9.17) is 0 Å². The SMILES string of the molecule is CCC1CCN(Cc2ccccc2B(O)O)C1. The molecule has 0 aromatic heterocycles. The Hall–Kier alpha value is -0.835. The van der Waals surface area contributed by atoms with E-state index in [0.717, 1.165) is 31.1 Å². The predicted octanol–water partition coefficient (Wildman–Crippen LogP) is 0.598. The first-order chi connectivity index (χ1) is 8.20. The topological polar surface area (TPSA) is 43.7 Å². The second-order valence-corrected chi connectivity index (χ2v) is 4.87. The molecule has 3 nitrogen and oxygen atoms in total. The zero-order valence-electron chi connectivity index (χ0n) is 10.3. The smallest absolute Gasteiger partial charge is 0.423 e. The lowest BCUT2D eigenvalue weighted by Crippen LogP contribution is -2.35. The van der Waals surface area contributed by atoms with E-state index in [1.807, 2.05) is 18.2 Å². The molecule has 1 unspecified atom stereocenters. The molecule has 0 aliphatic carbocycles. The molecule has 1 saturated heterocycles. The van der Waals surface area contributed by atoms with E-state index in [0.29, 0.717) is 5.46 Å². The molecule has 0 amide bonds. The van der Waals surface area contributed by atoms with Crippen LogP contribution in [0.4, 0.5) is 0 Å². The van der Waals surface area contributed by atoms with Crippen molar-refractivity contribution in [1.82, 2.24) is 4.90 Å². The summed E-state index contributed by atoms with van der Waals surface area (Å²) in [4.78, 5) is 2.40. The summed E-state index contributed by atoms with van der Waals surface area (Å²) < 4.78 is 0. The standard InChI is InChI=1S/C13H20BNO2/c1-2-11-7-8-15(9-11)10-12-5-3-4-6-13(12)14(16)17/h3-6,11,16-17H,2,7-10H2,1H3. The number of benzene rings is 1. The van der Waals surface area contributed by atoms with Crippen LogP contribution >= 0.6 is 0 Å². The Labute approximate surface area is 103 Å². The van der Waals surface area contributed by atoms with E-state index >= 15 is 0 Å². The third-order valence-electron chi connectivity index (χ3n) is 3.67. The maximum absolute atomic E-state index is 9.31. The van der Waals surface area contributed by atoms with Crippen molar-refractivity contribution < 1.29 is 10.0 Å². The summed E-state index contributed by atoms with van der Waals surface area (Å²) in [7, 11) is -1.37. The molecule has 0 bridgehead atoms. The maximum Gasteiger partial charge on any atom is 0.488 e. The summed E-state index contributed by atoms with van der Waals surface area (Å²) in [6.45, 7) is 5.31. The molecule has 17 heavy (non-hydrogen) atoms. The third kappa shape index (κ3) is 3.09. The fraction of sp³-hybridized carbons (Fsp3) is 0.538. The van der Waals surface area contributed by atoms with E-state index in [2.05, 4.69) is 11.8 Å². The second-order valence-electron chi connectivity index (χ2n) is 4.87. The van der Waals surface area contributed by atoms with Gasteiger partial charge in [0.1, 0.15) is 0 Å². The number of nitrogens with zero attached hydrogens (tertiary/aromatic N) is 1. The minimum atomic E-state index is -1.37. The molecule has 1 aromatic rings. The number of hydrogen-bond donors (Lipinski definition) is 2. The van der Waals surface area contributed by atoms with Gasteiger partial charge in [0.05, 0.1) is 0 Å². The van der Waals surface area contributed by atoms with Crippen molar-refractivity contribution in [3.63, 3.8) is 0 Å². The number of hydrogen-bond acceptors (Lipinski definition) is 3. The largest absolute Gasteiger partial charge is 0.488 e. The quantitative estimate of drug-likeness (QED) is 0.748. The minimum Gasteiger partial charge on any atom is -0.423 e. The molecule has 2 N–H and O–H groups in total. The molecule has 0 saturated carbocycles. The molecular formula is C13H20BNO2. The van der Waals surface area contributed by atoms with Crippen LogP contribution in [0.15, 0.2) is 24.3 Å². The minimum absolute atomic E-state index is 0.632. The summed E-state index contributed by atoms with van der Waals surface area (Å²) in [6.07, 6.45) is 2.50. The normalized spacial score (nSPS) is 20.8. The first-order valence-electron chi connectivity index (χ1n) is 6.37. The van der Waals surface area contributed by atoms with Gasteiger partial charge >= 0.3 is 7.12 Å². The van der Waals surface area contributed by atoms with Gasteiger partial charge in [-0.1, -0.05) is 37.6 Å². The molecule has 1 atom stereocenters. The van der Waals surface area contributed by atoms with E-state index < -0.39 is 7.12 Å². The van der Waals surface area contributed by atoms with Crippen LogP contribution in [-0.4, -0.2) is 35.2 Å². The van der Waals surface area contributed by atoms with E-state index in [-0.39, 0.29) is 0 Å². The second kappa shape index (κ2) is 5.67. The average molecular weight is 233 g/mol. The first kappa shape index (κ1) is 12.6. The highest BCUT2D eigenvalue weighted by atomic mass is 16.4. The highest BCUT2D eigenvalue weighted by Gasteiger charge is 2.23. The highest BCUT2D eigenvalue weighted by molar-refractivity contribution is 6.59. The molecule has 0 spiro atoms. The van der Waals surface area contributed by atoms with Gasteiger partial charge in [0, 0.05) is 13.1 Å². The van der Waals surface area contributed by atoms with Crippen molar-refractivity contribution in [2.45, 2.75) is 26.3 Å². The van der Waals surface area contributed by atoms with Gasteiger partial charge in [-0.05, 0) is 29.9 Å². The van der Waals surface area contributed by atoms with Crippen LogP contribution in [0.3, 0.4) is 0 Å². The van der Waals surface area contributed by atoms with Gasteiger partial charge in [-0.25, -0.2) is 0 Å². The molecule has 0 radical (unpaired) electrons. The summed E-state index contributed by atoms with van der Waals surface area (Å²) in [6, 6.07) is 7.56. The zero-order chi connectivity index (χ0) is 12.3. The van der Waals surface area contributed by atoms with Gasteiger partial charge in [-0.2, -0.15) is 0 Å². The zero-order valence-corrected chi connectivity index (χ0v) is 10.3. The third-order valence-corrected chi connectivity index (χ3v) is 3.67. The molecule has 1 aliphatic heterocycles. The van der Waals surface area contributed by atoms with Crippen LogP contribution in [-0.2, 0) is 6.54 Å². The van der Waals surface area contributed by atoms with Crippen LogP contribution in [0.5, 0.6) is 0 Å². The van der Waals surface area contributed by atoms with Crippen molar-refractivity contribution in [3.05, 3.63) is 29.8 Å². The van der Waals surface area contributed by atoms with E-state index in [1.54, 1.807) is 6.07 Å². The summed E-state index contributed by atoms with van der Waals surface area (Å²) in [5.74, 6) is 0.807. The van der Waals surface area contributed by atoms with Gasteiger partial charge in [-0.15, -0.1) is 0 Å². The van der Waals surface area contributed by atoms with Gasteiger partial charge in [-0.3, -0.25) is 4.90 Å². The fourth-order valence-electron chi connectivity index (χ4n) is 2.56. The lowest BCUT2D eigenvalue weighted by atomic mass is 9.77. The van der Waals surface area contributed by atoms with Crippen molar-refractivity contribution in [2.75, 3.05) is 13.1 Å². The lowest BCUT2D eigenvalue weighted by Gasteiger charge is -2.18. The Morgan fingerprint density at radius 3 is 2.76 bits per heavy atom. The van der Waals surface area contributed by atoms with Crippen LogP contribution < -0.4 is 5.46 Å². The monoisotopic (exact) mass is 233 g/mol. The predicted molar refractivity (Wildman–Crippen MR) is 69.9 cm³/mol. The summed E-state index contributed by atoms with van der Waals surface area (Å²) in [5, 5.41) is 18.6. The lowest BCUT2D eigenvalue weighted by molar-refractivity contribution is 0.315. The number of likely N-dealkylation sites (tertiary alicyclic amines) is 1. The first-order valence-corrected chi connectivity index (χ1v) is 6.37. The van der Waals surface area contributed by atoms with Gasteiger partial charge in [0.2, 0.25) is 0 Å². The average Bonchev–Trinajstić information content (AvgIpc) is 2.77. The molecule has 92 valence electrons. The van der Waals surface area contributed by atoms with Crippen molar-refractivity contribution in [2.24, 2.45) is 5.92 Å². The molecular weight excluding hydrogens is 213 g/mol. The summed E-state index contributed by atoms with van der Waals surface area (Å²) >= 11 is 0. The Balaban J connectivity index is 2.04. The van der Waals surface area contributed by atoms with Crippen molar-refractivity contribution in [1.29, 1.82) is 0 Å². The van der Waals surface area contributed by atoms with E-state index in [1.165, 1.54) is 12.8 Å². The van der Waals surface area contributed by atoms with Gasteiger partial charge in [0.25, 0.3) is 0 Å². The van der Waals surface area contributed by atoms with Crippen molar-refractivity contribution >= 4 is 12.6 Å². The maximum atomic E-state index is 9.31. The molecule has 2 rings (SSSR count). The Morgan fingerprint density at radius 1 is 1.35 bits per heavy atom. The molecule has 1 fully saturated rings. The molecule has 1 heterocycles. The van der Waals surface area contributed by atoms with Crippen molar-refractivity contribution in [3.8, 4) is 0 Å². The van der Waals surface area contributed by atoms with Crippen LogP contribution in [0.2, 0.25) is 0 Å². The summed E-state index contributed by atoms with van der Waals surface area (Å²) in [5.41, 5.74) is 1.66. The molecule has 1 aliphatic rings. The van der Waals surface area contributed by atoms with E-state index in [9.17, 15) is 10.0 Å².